The van der Waals surface area contributed by atoms with E-state index < -0.39 is 0 Å². The molecule has 0 fully saturated rings. The Labute approximate surface area is 113 Å². The van der Waals surface area contributed by atoms with E-state index in [1.165, 1.54) is 0 Å². The minimum atomic E-state index is -0.240. The van der Waals surface area contributed by atoms with E-state index in [-0.39, 0.29) is 24.2 Å². The molecule has 0 unspecified atom stereocenters. The molecule has 0 bridgehead atoms. The Morgan fingerprint density at radius 1 is 1.21 bits per heavy atom. The molecule has 106 valence electrons. The van der Waals surface area contributed by atoms with E-state index in [4.69, 9.17) is 0 Å². The van der Waals surface area contributed by atoms with Gasteiger partial charge in [0.15, 0.2) is 0 Å². The minimum absolute atomic E-state index is 0.178. The number of nitrogens with one attached hydrogen (secondary N) is 2. The highest BCUT2D eigenvalue weighted by Crippen LogP contribution is 2.12. The molecule has 0 aliphatic carbocycles. The predicted octanol–water partition coefficient (Wildman–Crippen LogP) is 0.773. The molecule has 0 atom stereocenters. The fourth-order valence-corrected chi connectivity index (χ4v) is 1.84. The van der Waals surface area contributed by atoms with Crippen molar-refractivity contribution in [2.24, 2.45) is 13.0 Å². The van der Waals surface area contributed by atoms with Gasteiger partial charge in [0.2, 0.25) is 11.8 Å². The lowest BCUT2D eigenvalue weighted by atomic mass is 10.1. The van der Waals surface area contributed by atoms with Crippen LogP contribution in [0.25, 0.3) is 0 Å². The maximum Gasteiger partial charge on any atom is 0.242 e. The summed E-state index contributed by atoms with van der Waals surface area (Å²) in [5.74, 6) is -0.154. The Bertz CT molecular complexity index is 477. The number of rotatable bonds is 4. The Morgan fingerprint density at radius 2 is 1.79 bits per heavy atom. The molecule has 6 nitrogen and oxygen atoms in total. The van der Waals surface area contributed by atoms with Crippen molar-refractivity contribution in [2.75, 3.05) is 0 Å². The van der Waals surface area contributed by atoms with Gasteiger partial charge in [-0.1, -0.05) is 13.8 Å². The van der Waals surface area contributed by atoms with Gasteiger partial charge in [-0.15, -0.1) is 0 Å². The van der Waals surface area contributed by atoms with Crippen LogP contribution < -0.4 is 10.9 Å². The van der Waals surface area contributed by atoms with Crippen LogP contribution in [0, 0.1) is 19.8 Å². The number of hydrogen-bond acceptors (Lipinski definition) is 3. The molecule has 0 spiro atoms. The summed E-state index contributed by atoms with van der Waals surface area (Å²) in [7, 11) is 1.84. The van der Waals surface area contributed by atoms with Crippen molar-refractivity contribution in [3.63, 3.8) is 0 Å². The van der Waals surface area contributed by atoms with Crippen molar-refractivity contribution >= 4 is 11.8 Å². The summed E-state index contributed by atoms with van der Waals surface area (Å²) in [6.07, 6.45) is 0.610. The number of hydrogen-bond donors (Lipinski definition) is 2. The zero-order valence-corrected chi connectivity index (χ0v) is 12.2. The molecular weight excluding hydrogens is 244 g/mol. The molecule has 1 aromatic heterocycles. The largest absolute Gasteiger partial charge is 0.273 e. The van der Waals surface area contributed by atoms with Gasteiger partial charge >= 0.3 is 0 Å². The second-order valence-electron chi connectivity index (χ2n) is 5.14. The van der Waals surface area contributed by atoms with Crippen LogP contribution in [0.1, 0.15) is 37.2 Å². The summed E-state index contributed by atoms with van der Waals surface area (Å²) in [6, 6.07) is 0. The molecule has 0 aliphatic rings. The SMILES string of the molecule is Cc1nn(C)c(C)c1CC(=O)NNC(=O)CC(C)C. The quantitative estimate of drug-likeness (QED) is 0.790. The Hall–Kier alpha value is -1.85. The van der Waals surface area contributed by atoms with Crippen LogP contribution in [0.5, 0.6) is 0 Å². The van der Waals surface area contributed by atoms with Crippen LogP contribution in [0.3, 0.4) is 0 Å². The Kier molecular flexibility index (Phi) is 5.09. The van der Waals surface area contributed by atoms with E-state index in [1.54, 1.807) is 4.68 Å². The fraction of sp³-hybridized carbons (Fsp3) is 0.615. The highest BCUT2D eigenvalue weighted by Gasteiger charge is 2.14. The molecule has 6 heteroatoms. The second kappa shape index (κ2) is 6.36. The third-order valence-corrected chi connectivity index (χ3v) is 2.93. The van der Waals surface area contributed by atoms with Gasteiger partial charge in [-0.2, -0.15) is 5.10 Å². The van der Waals surface area contributed by atoms with Crippen LogP contribution in [0.2, 0.25) is 0 Å². The standard InChI is InChI=1S/C13H22N4O2/c1-8(2)6-12(18)14-15-13(19)7-11-9(3)16-17(5)10(11)4/h8H,6-7H2,1-5H3,(H,14,18)(H,15,19). The second-order valence-corrected chi connectivity index (χ2v) is 5.14. The molecule has 0 saturated carbocycles. The summed E-state index contributed by atoms with van der Waals surface area (Å²) in [6.45, 7) is 7.68. The van der Waals surface area contributed by atoms with Crippen molar-refractivity contribution in [3.8, 4) is 0 Å². The van der Waals surface area contributed by atoms with Crippen LogP contribution in [-0.4, -0.2) is 21.6 Å². The van der Waals surface area contributed by atoms with Gasteiger partial charge < -0.3 is 0 Å². The topological polar surface area (TPSA) is 76.0 Å². The van der Waals surface area contributed by atoms with E-state index in [0.717, 1.165) is 17.0 Å². The molecule has 0 aromatic carbocycles. The number of aromatic nitrogens is 2. The lowest BCUT2D eigenvalue weighted by Gasteiger charge is -2.09. The van der Waals surface area contributed by atoms with Crippen LogP contribution in [0.15, 0.2) is 0 Å². The lowest BCUT2D eigenvalue weighted by Crippen LogP contribution is -2.42. The number of hydrazine groups is 1. The van der Waals surface area contributed by atoms with Gasteiger partial charge in [-0.05, 0) is 19.8 Å². The molecule has 0 saturated heterocycles. The van der Waals surface area contributed by atoms with Crippen molar-refractivity contribution < 1.29 is 9.59 Å². The number of carbonyl (C=O) groups excluding carboxylic acids is 2. The molecule has 2 amide bonds. The molecule has 1 heterocycles. The van der Waals surface area contributed by atoms with Crippen LogP contribution in [-0.2, 0) is 23.1 Å². The maximum atomic E-state index is 11.8. The molecular formula is C13H22N4O2. The molecule has 2 N–H and O–H groups in total. The average molecular weight is 266 g/mol. The van der Waals surface area contributed by atoms with Gasteiger partial charge in [-0.25, -0.2) is 0 Å². The van der Waals surface area contributed by atoms with Gasteiger partial charge in [0.25, 0.3) is 0 Å². The Morgan fingerprint density at radius 3 is 2.26 bits per heavy atom. The third-order valence-electron chi connectivity index (χ3n) is 2.93. The molecule has 19 heavy (non-hydrogen) atoms. The molecule has 0 radical (unpaired) electrons. The van der Waals surface area contributed by atoms with Crippen molar-refractivity contribution in [1.82, 2.24) is 20.6 Å². The lowest BCUT2D eigenvalue weighted by molar-refractivity contribution is -0.129. The Balaban J connectivity index is 2.50. The highest BCUT2D eigenvalue weighted by molar-refractivity contribution is 5.83. The number of aryl methyl sites for hydroxylation is 2. The van der Waals surface area contributed by atoms with E-state index in [0.29, 0.717) is 6.42 Å². The summed E-state index contributed by atoms with van der Waals surface area (Å²) in [4.78, 5) is 23.2. The molecule has 1 aromatic rings. The smallest absolute Gasteiger partial charge is 0.242 e. The van der Waals surface area contributed by atoms with E-state index >= 15 is 0 Å². The van der Waals surface area contributed by atoms with Gasteiger partial charge in [0.05, 0.1) is 12.1 Å². The first-order valence-electron chi connectivity index (χ1n) is 6.38. The van der Waals surface area contributed by atoms with Gasteiger partial charge in [0, 0.05) is 24.7 Å². The van der Waals surface area contributed by atoms with E-state index in [9.17, 15) is 9.59 Å². The van der Waals surface area contributed by atoms with Crippen molar-refractivity contribution in [1.29, 1.82) is 0 Å². The predicted molar refractivity (Wildman–Crippen MR) is 72.1 cm³/mol. The third kappa shape index (κ3) is 4.39. The van der Waals surface area contributed by atoms with Crippen LogP contribution in [0.4, 0.5) is 0 Å². The van der Waals surface area contributed by atoms with E-state index in [2.05, 4.69) is 16.0 Å². The maximum absolute atomic E-state index is 11.8. The minimum Gasteiger partial charge on any atom is -0.273 e. The molecule has 1 rings (SSSR count). The summed E-state index contributed by atoms with van der Waals surface area (Å²) < 4.78 is 1.75. The summed E-state index contributed by atoms with van der Waals surface area (Å²) >= 11 is 0. The van der Waals surface area contributed by atoms with Crippen LogP contribution >= 0.6 is 0 Å². The first kappa shape index (κ1) is 15.2. The molecule has 0 aliphatic heterocycles. The highest BCUT2D eigenvalue weighted by atomic mass is 16.2. The summed E-state index contributed by atoms with van der Waals surface area (Å²) in [5, 5.41) is 4.25. The van der Waals surface area contributed by atoms with Crippen molar-refractivity contribution in [2.45, 2.75) is 40.5 Å². The average Bonchev–Trinajstić information content (AvgIpc) is 2.52. The number of carbonyl (C=O) groups is 2. The first-order valence-corrected chi connectivity index (χ1v) is 6.38. The normalized spacial score (nSPS) is 10.6. The zero-order chi connectivity index (χ0) is 14.6. The van der Waals surface area contributed by atoms with Crippen molar-refractivity contribution in [3.05, 3.63) is 17.0 Å². The fourth-order valence-electron chi connectivity index (χ4n) is 1.84. The van der Waals surface area contributed by atoms with Gasteiger partial charge in [-0.3, -0.25) is 25.1 Å². The number of nitrogens with zero attached hydrogens (tertiary/aromatic N) is 2. The monoisotopic (exact) mass is 266 g/mol. The number of amides is 2. The van der Waals surface area contributed by atoms with E-state index in [1.807, 2.05) is 34.7 Å². The zero-order valence-electron chi connectivity index (χ0n) is 12.2. The van der Waals surface area contributed by atoms with Gasteiger partial charge in [0.1, 0.15) is 0 Å². The summed E-state index contributed by atoms with van der Waals surface area (Å²) in [5.41, 5.74) is 7.54. The first-order chi connectivity index (χ1) is 8.81.